The number of pyridine rings is 1. The predicted octanol–water partition coefficient (Wildman–Crippen LogP) is 1.80. The van der Waals surface area contributed by atoms with E-state index < -0.39 is 0 Å². The molecule has 1 aliphatic heterocycles. The van der Waals surface area contributed by atoms with E-state index in [0.717, 1.165) is 44.2 Å². The predicted molar refractivity (Wildman–Crippen MR) is 92.5 cm³/mol. The molecule has 1 aliphatic rings. The molecule has 0 saturated carbocycles. The molecule has 0 unspecified atom stereocenters. The molecule has 1 atom stereocenters. The van der Waals surface area contributed by atoms with Crippen LogP contribution in [0, 0.1) is 13.8 Å². The van der Waals surface area contributed by atoms with Crippen molar-refractivity contribution in [2.24, 2.45) is 0 Å². The van der Waals surface area contributed by atoms with Crippen molar-refractivity contribution in [3.05, 3.63) is 47.8 Å². The van der Waals surface area contributed by atoms with Crippen molar-refractivity contribution in [3.63, 3.8) is 0 Å². The normalized spacial score (nSPS) is 17.0. The molecule has 24 heavy (non-hydrogen) atoms. The molecular weight excluding hydrogens is 302 g/mol. The Labute approximate surface area is 143 Å². The number of nitrogens with zero attached hydrogens (tertiary/aromatic N) is 5. The number of aromatic nitrogens is 3. The van der Waals surface area contributed by atoms with Gasteiger partial charge in [-0.3, -0.25) is 14.7 Å². The highest BCUT2D eigenvalue weighted by atomic mass is 16.2. The fraction of sp³-hybridized carbons (Fsp3) is 0.500. The average molecular weight is 327 g/mol. The van der Waals surface area contributed by atoms with E-state index in [1.807, 2.05) is 41.8 Å². The Balaban J connectivity index is 1.56. The second-order valence-corrected chi connectivity index (χ2v) is 6.43. The lowest BCUT2D eigenvalue weighted by molar-refractivity contribution is -0.136. The lowest BCUT2D eigenvalue weighted by Crippen LogP contribution is -2.50. The van der Waals surface area contributed by atoms with E-state index in [4.69, 9.17) is 0 Å². The summed E-state index contributed by atoms with van der Waals surface area (Å²) < 4.78 is 1.94. The van der Waals surface area contributed by atoms with Gasteiger partial charge in [-0.2, -0.15) is 0 Å². The van der Waals surface area contributed by atoms with Crippen LogP contribution in [-0.4, -0.2) is 56.4 Å². The first kappa shape index (κ1) is 16.6. The molecule has 2 aromatic heterocycles. The van der Waals surface area contributed by atoms with Crippen molar-refractivity contribution in [1.29, 1.82) is 0 Å². The summed E-state index contributed by atoms with van der Waals surface area (Å²) >= 11 is 0. The van der Waals surface area contributed by atoms with E-state index in [9.17, 15) is 4.79 Å². The smallest absolute Gasteiger partial charge is 0.245 e. The van der Waals surface area contributed by atoms with E-state index in [2.05, 4.69) is 27.9 Å². The van der Waals surface area contributed by atoms with E-state index >= 15 is 0 Å². The summed E-state index contributed by atoms with van der Waals surface area (Å²) in [7, 11) is 0. The maximum Gasteiger partial charge on any atom is 0.245 e. The molecule has 128 valence electrons. The summed E-state index contributed by atoms with van der Waals surface area (Å²) in [6.07, 6.45) is 5.46. The highest BCUT2D eigenvalue weighted by Crippen LogP contribution is 2.15. The van der Waals surface area contributed by atoms with Crippen molar-refractivity contribution in [3.8, 4) is 0 Å². The molecule has 1 amide bonds. The standard InChI is InChI=1S/C18H25N5O/c1-14-5-4-6-20-17(14)13-21-9-11-22(12-10-21)18(24)15(2)23-8-7-19-16(23)3/h4-8,15H,9-13H2,1-3H3/t15-/m1/s1. The molecule has 3 heterocycles. The number of aryl methyl sites for hydroxylation is 2. The Hall–Kier alpha value is -2.21. The first-order valence-corrected chi connectivity index (χ1v) is 8.47. The number of imidazole rings is 1. The number of amides is 1. The maximum atomic E-state index is 12.7. The van der Waals surface area contributed by atoms with Gasteiger partial charge in [0.1, 0.15) is 11.9 Å². The Morgan fingerprint density at radius 3 is 2.54 bits per heavy atom. The summed E-state index contributed by atoms with van der Waals surface area (Å²) in [5.74, 6) is 1.05. The fourth-order valence-electron chi connectivity index (χ4n) is 3.20. The molecule has 0 radical (unpaired) electrons. The van der Waals surface area contributed by atoms with E-state index in [0.29, 0.717) is 0 Å². The van der Waals surface area contributed by atoms with Crippen LogP contribution in [0.4, 0.5) is 0 Å². The molecule has 0 aromatic carbocycles. The molecule has 6 heteroatoms. The highest BCUT2D eigenvalue weighted by molar-refractivity contribution is 5.80. The van der Waals surface area contributed by atoms with Crippen LogP contribution < -0.4 is 0 Å². The zero-order chi connectivity index (χ0) is 17.1. The monoisotopic (exact) mass is 327 g/mol. The van der Waals surface area contributed by atoms with Crippen LogP contribution in [0.2, 0.25) is 0 Å². The van der Waals surface area contributed by atoms with Gasteiger partial charge in [-0.1, -0.05) is 6.07 Å². The third-order valence-corrected chi connectivity index (χ3v) is 4.81. The number of piperazine rings is 1. The fourth-order valence-corrected chi connectivity index (χ4v) is 3.20. The number of rotatable bonds is 4. The topological polar surface area (TPSA) is 54.3 Å². The molecular formula is C18H25N5O. The van der Waals surface area contributed by atoms with Gasteiger partial charge in [-0.05, 0) is 32.4 Å². The first-order chi connectivity index (χ1) is 11.6. The Morgan fingerprint density at radius 1 is 1.17 bits per heavy atom. The van der Waals surface area contributed by atoms with Crippen LogP contribution in [0.15, 0.2) is 30.7 Å². The van der Waals surface area contributed by atoms with Gasteiger partial charge in [0.25, 0.3) is 0 Å². The third kappa shape index (κ3) is 3.48. The van der Waals surface area contributed by atoms with Crippen LogP contribution in [-0.2, 0) is 11.3 Å². The van der Waals surface area contributed by atoms with Gasteiger partial charge in [0.15, 0.2) is 0 Å². The zero-order valence-corrected chi connectivity index (χ0v) is 14.6. The van der Waals surface area contributed by atoms with Crippen molar-refractivity contribution in [2.75, 3.05) is 26.2 Å². The number of carbonyl (C=O) groups is 1. The molecule has 0 bridgehead atoms. The largest absolute Gasteiger partial charge is 0.338 e. The average Bonchev–Trinajstić information content (AvgIpc) is 3.02. The zero-order valence-electron chi connectivity index (χ0n) is 14.6. The highest BCUT2D eigenvalue weighted by Gasteiger charge is 2.26. The van der Waals surface area contributed by atoms with Gasteiger partial charge in [-0.25, -0.2) is 4.98 Å². The van der Waals surface area contributed by atoms with E-state index in [1.54, 1.807) is 6.20 Å². The molecule has 0 spiro atoms. The van der Waals surface area contributed by atoms with Crippen LogP contribution in [0.25, 0.3) is 0 Å². The lowest BCUT2D eigenvalue weighted by Gasteiger charge is -2.36. The van der Waals surface area contributed by atoms with Crippen molar-refractivity contribution in [2.45, 2.75) is 33.4 Å². The summed E-state index contributed by atoms with van der Waals surface area (Å²) in [6, 6.07) is 3.86. The number of hydrogen-bond donors (Lipinski definition) is 0. The molecule has 3 rings (SSSR count). The SMILES string of the molecule is Cc1cccnc1CN1CCN(C(=O)[C@@H](C)n2ccnc2C)CC1. The molecule has 1 fully saturated rings. The van der Waals surface area contributed by atoms with Gasteiger partial charge in [-0.15, -0.1) is 0 Å². The molecule has 6 nitrogen and oxygen atoms in total. The van der Waals surface area contributed by atoms with Gasteiger partial charge in [0, 0.05) is 51.3 Å². The maximum absolute atomic E-state index is 12.7. The summed E-state index contributed by atoms with van der Waals surface area (Å²) in [5, 5.41) is 0. The summed E-state index contributed by atoms with van der Waals surface area (Å²) in [4.78, 5) is 25.7. The van der Waals surface area contributed by atoms with Crippen molar-refractivity contribution < 1.29 is 4.79 Å². The molecule has 1 saturated heterocycles. The van der Waals surface area contributed by atoms with Gasteiger partial charge in [0.2, 0.25) is 5.91 Å². The number of hydrogen-bond acceptors (Lipinski definition) is 4. The first-order valence-electron chi connectivity index (χ1n) is 8.47. The molecule has 0 aliphatic carbocycles. The second-order valence-electron chi connectivity index (χ2n) is 6.43. The lowest BCUT2D eigenvalue weighted by atomic mass is 10.2. The Morgan fingerprint density at radius 2 is 1.92 bits per heavy atom. The van der Waals surface area contributed by atoms with Crippen LogP contribution in [0.3, 0.4) is 0 Å². The van der Waals surface area contributed by atoms with Crippen LogP contribution in [0.5, 0.6) is 0 Å². The summed E-state index contributed by atoms with van der Waals surface area (Å²) in [5.41, 5.74) is 2.35. The van der Waals surface area contributed by atoms with Gasteiger partial charge < -0.3 is 9.47 Å². The minimum absolute atomic E-state index is 0.171. The molecule has 0 N–H and O–H groups in total. The van der Waals surface area contributed by atoms with Crippen molar-refractivity contribution in [1.82, 2.24) is 24.3 Å². The van der Waals surface area contributed by atoms with E-state index in [1.165, 1.54) is 5.56 Å². The second kappa shape index (κ2) is 7.13. The van der Waals surface area contributed by atoms with Gasteiger partial charge in [0.05, 0.1) is 5.69 Å². The minimum atomic E-state index is -0.197. The van der Waals surface area contributed by atoms with Crippen molar-refractivity contribution >= 4 is 5.91 Å². The third-order valence-electron chi connectivity index (χ3n) is 4.81. The number of carbonyl (C=O) groups excluding carboxylic acids is 1. The minimum Gasteiger partial charge on any atom is -0.338 e. The van der Waals surface area contributed by atoms with Gasteiger partial charge >= 0.3 is 0 Å². The Kier molecular flexibility index (Phi) is 4.94. The van der Waals surface area contributed by atoms with Crippen LogP contribution in [0.1, 0.15) is 30.0 Å². The quantitative estimate of drug-likeness (QED) is 0.859. The van der Waals surface area contributed by atoms with Crippen LogP contribution >= 0.6 is 0 Å². The molecule has 2 aromatic rings. The Bertz CT molecular complexity index is 703. The summed E-state index contributed by atoms with van der Waals surface area (Å²) in [6.45, 7) is 10.1. The van der Waals surface area contributed by atoms with E-state index in [-0.39, 0.29) is 11.9 Å².